The number of thiocarbonyl (C=S) groups is 1. The number of hydrogen-bond acceptors (Lipinski definition) is 4. The number of piperidine rings is 1. The summed E-state index contributed by atoms with van der Waals surface area (Å²) in [6.07, 6.45) is 10.1. The minimum Gasteiger partial charge on any atom is -0.298 e. The average molecular weight is 401 g/mol. The van der Waals surface area contributed by atoms with Crippen molar-refractivity contribution in [1.82, 2.24) is 20.7 Å². The first-order valence-corrected chi connectivity index (χ1v) is 9.62. The van der Waals surface area contributed by atoms with Crippen LogP contribution < -0.4 is 10.7 Å². The number of nitrogens with zero attached hydrogens (tertiary/aromatic N) is 2. The fourth-order valence-electron chi connectivity index (χ4n) is 3.04. The van der Waals surface area contributed by atoms with E-state index < -0.39 is 0 Å². The molecule has 7 heteroatoms. The molecule has 27 heavy (non-hydrogen) atoms. The minimum atomic E-state index is -0.280. The van der Waals surface area contributed by atoms with Crippen LogP contribution in [0.15, 0.2) is 54.9 Å². The Morgan fingerprint density at radius 2 is 2.07 bits per heavy atom. The normalized spacial score (nSPS) is 17.6. The fourth-order valence-corrected chi connectivity index (χ4v) is 3.39. The summed E-state index contributed by atoms with van der Waals surface area (Å²) in [5.41, 5.74) is 5.19. The van der Waals surface area contributed by atoms with Gasteiger partial charge in [0.15, 0.2) is 5.11 Å². The molecule has 1 unspecified atom stereocenters. The van der Waals surface area contributed by atoms with Gasteiger partial charge >= 0.3 is 0 Å². The van der Waals surface area contributed by atoms with Gasteiger partial charge in [0.05, 0.1) is 6.04 Å². The summed E-state index contributed by atoms with van der Waals surface area (Å²) in [7, 11) is 0. The molecular formula is C20H21ClN4OS. The second-order valence-electron chi connectivity index (χ2n) is 6.31. The lowest BCUT2D eigenvalue weighted by atomic mass is 9.98. The van der Waals surface area contributed by atoms with Gasteiger partial charge in [-0.15, -0.1) is 0 Å². The smallest absolute Gasteiger partial charge is 0.250 e. The maximum absolute atomic E-state index is 12.1. The van der Waals surface area contributed by atoms with Gasteiger partial charge in [0.25, 0.3) is 0 Å². The van der Waals surface area contributed by atoms with Crippen LogP contribution in [0.1, 0.15) is 36.4 Å². The highest BCUT2D eigenvalue weighted by Gasteiger charge is 2.24. The van der Waals surface area contributed by atoms with E-state index in [1.54, 1.807) is 24.4 Å². The van der Waals surface area contributed by atoms with Crippen molar-refractivity contribution in [3.63, 3.8) is 0 Å². The first kappa shape index (κ1) is 19.5. The lowest BCUT2D eigenvalue weighted by Gasteiger charge is -2.36. The van der Waals surface area contributed by atoms with E-state index in [-0.39, 0.29) is 17.1 Å². The maximum Gasteiger partial charge on any atom is 0.250 e. The molecule has 2 N–H and O–H groups in total. The molecule has 3 rings (SSSR count). The molecule has 2 heterocycles. The standard InChI is InChI=1S/C20H21ClN4OS/c21-17-9-6-15(7-10-17)8-11-19(26)23-20(27)24-25-13-2-1-5-18(25)16-4-3-12-22-14-16/h3-4,6-12,14,18H,1-2,5,13H2,(H2,23,24,26,27)/b11-8+. The maximum atomic E-state index is 12.1. The number of hydrazine groups is 1. The first-order chi connectivity index (χ1) is 13.1. The summed E-state index contributed by atoms with van der Waals surface area (Å²) < 4.78 is 0. The van der Waals surface area contributed by atoms with E-state index >= 15 is 0 Å². The summed E-state index contributed by atoms with van der Waals surface area (Å²) in [4.78, 5) is 16.3. The van der Waals surface area contributed by atoms with Crippen LogP contribution >= 0.6 is 23.8 Å². The van der Waals surface area contributed by atoms with Gasteiger partial charge in [-0.05, 0) is 60.5 Å². The van der Waals surface area contributed by atoms with Crippen molar-refractivity contribution in [1.29, 1.82) is 0 Å². The fraction of sp³-hybridized carbons (Fsp3) is 0.250. The highest BCUT2D eigenvalue weighted by Crippen LogP contribution is 2.28. The molecule has 1 fully saturated rings. The zero-order valence-corrected chi connectivity index (χ0v) is 16.3. The van der Waals surface area contributed by atoms with Crippen molar-refractivity contribution in [3.05, 3.63) is 71.0 Å². The molecule has 0 aliphatic carbocycles. The molecule has 0 saturated carbocycles. The van der Waals surface area contributed by atoms with E-state index in [9.17, 15) is 4.79 Å². The van der Waals surface area contributed by atoms with Crippen molar-refractivity contribution >= 4 is 40.9 Å². The third-order valence-corrected chi connectivity index (χ3v) is 4.80. The highest BCUT2D eigenvalue weighted by atomic mass is 35.5. The second kappa shape index (κ2) is 9.60. The van der Waals surface area contributed by atoms with E-state index in [0.29, 0.717) is 5.02 Å². The summed E-state index contributed by atoms with van der Waals surface area (Å²) in [5, 5.41) is 5.71. The van der Waals surface area contributed by atoms with Crippen molar-refractivity contribution in [2.75, 3.05) is 6.54 Å². The Kier molecular flexibility index (Phi) is 6.92. The molecule has 1 aliphatic heterocycles. The van der Waals surface area contributed by atoms with E-state index in [0.717, 1.165) is 36.9 Å². The number of rotatable bonds is 4. The first-order valence-electron chi connectivity index (χ1n) is 8.83. The molecule has 140 valence electrons. The number of aromatic nitrogens is 1. The van der Waals surface area contributed by atoms with Gasteiger partial charge in [0.2, 0.25) is 5.91 Å². The molecular weight excluding hydrogens is 380 g/mol. The van der Waals surface area contributed by atoms with Crippen LogP contribution in [-0.2, 0) is 4.79 Å². The summed E-state index contributed by atoms with van der Waals surface area (Å²) >= 11 is 11.2. The van der Waals surface area contributed by atoms with E-state index in [4.69, 9.17) is 23.8 Å². The Morgan fingerprint density at radius 1 is 1.26 bits per heavy atom. The van der Waals surface area contributed by atoms with Gasteiger partial charge in [0.1, 0.15) is 0 Å². The Bertz CT molecular complexity index is 810. The number of amides is 1. The van der Waals surface area contributed by atoms with Crippen molar-refractivity contribution in [2.45, 2.75) is 25.3 Å². The second-order valence-corrected chi connectivity index (χ2v) is 7.15. The van der Waals surface area contributed by atoms with Gasteiger partial charge in [-0.2, -0.15) is 0 Å². The average Bonchev–Trinajstić information content (AvgIpc) is 2.68. The van der Waals surface area contributed by atoms with Crippen LogP contribution in [-0.4, -0.2) is 27.6 Å². The number of carbonyl (C=O) groups is 1. The van der Waals surface area contributed by atoms with Gasteiger partial charge < -0.3 is 0 Å². The molecule has 0 bridgehead atoms. The molecule has 1 aromatic heterocycles. The number of halogens is 1. The third kappa shape index (κ3) is 5.85. The molecule has 2 aromatic rings. The number of hydrogen-bond donors (Lipinski definition) is 2. The molecule has 5 nitrogen and oxygen atoms in total. The highest BCUT2D eigenvalue weighted by molar-refractivity contribution is 7.80. The Balaban J connectivity index is 1.55. The zero-order chi connectivity index (χ0) is 19.1. The van der Waals surface area contributed by atoms with E-state index in [1.165, 1.54) is 6.08 Å². The van der Waals surface area contributed by atoms with Crippen LogP contribution in [0, 0.1) is 0 Å². The molecule has 1 saturated heterocycles. The quantitative estimate of drug-likeness (QED) is 0.602. The molecule has 1 atom stereocenters. The number of pyridine rings is 1. The lowest BCUT2D eigenvalue weighted by molar-refractivity contribution is -0.115. The third-order valence-electron chi connectivity index (χ3n) is 4.35. The van der Waals surface area contributed by atoms with Gasteiger partial charge in [0, 0.05) is 30.0 Å². The SMILES string of the molecule is O=C(/C=C/c1ccc(Cl)cc1)NC(=S)NN1CCCCC1c1cccnc1. The van der Waals surface area contributed by atoms with Gasteiger partial charge in [-0.1, -0.05) is 36.2 Å². The van der Waals surface area contributed by atoms with Crippen molar-refractivity contribution in [2.24, 2.45) is 0 Å². The monoisotopic (exact) mass is 400 g/mol. The lowest BCUT2D eigenvalue weighted by Crippen LogP contribution is -2.51. The van der Waals surface area contributed by atoms with Crippen LogP contribution in [0.25, 0.3) is 6.08 Å². The number of carbonyl (C=O) groups excluding carboxylic acids is 1. The topological polar surface area (TPSA) is 57.3 Å². The van der Waals surface area contributed by atoms with Crippen molar-refractivity contribution in [3.8, 4) is 0 Å². The zero-order valence-electron chi connectivity index (χ0n) is 14.8. The van der Waals surface area contributed by atoms with Gasteiger partial charge in [-0.25, -0.2) is 5.01 Å². The van der Waals surface area contributed by atoms with Crippen molar-refractivity contribution < 1.29 is 4.79 Å². The van der Waals surface area contributed by atoms with Crippen LogP contribution in [0.4, 0.5) is 0 Å². The van der Waals surface area contributed by atoms with Crippen LogP contribution in [0.3, 0.4) is 0 Å². The van der Waals surface area contributed by atoms with Gasteiger partial charge in [-0.3, -0.25) is 20.5 Å². The predicted molar refractivity (Wildman–Crippen MR) is 112 cm³/mol. The summed E-state index contributed by atoms with van der Waals surface area (Å²) in [6, 6.07) is 11.4. The Labute approximate surface area is 169 Å². The summed E-state index contributed by atoms with van der Waals surface area (Å²) in [5.74, 6) is -0.280. The van der Waals surface area contributed by atoms with E-state index in [2.05, 4.69) is 26.8 Å². The number of nitrogens with one attached hydrogen (secondary N) is 2. The Hall–Kier alpha value is -2.28. The number of benzene rings is 1. The molecule has 0 radical (unpaired) electrons. The Morgan fingerprint density at radius 3 is 2.81 bits per heavy atom. The molecule has 1 aromatic carbocycles. The molecule has 1 aliphatic rings. The van der Waals surface area contributed by atoms with E-state index in [1.807, 2.05) is 24.4 Å². The predicted octanol–water partition coefficient (Wildman–Crippen LogP) is 3.88. The largest absolute Gasteiger partial charge is 0.298 e. The van der Waals surface area contributed by atoms with Crippen LogP contribution in [0.2, 0.25) is 5.02 Å². The summed E-state index contributed by atoms with van der Waals surface area (Å²) in [6.45, 7) is 0.857. The minimum absolute atomic E-state index is 0.187. The molecule has 0 spiro atoms. The molecule has 1 amide bonds. The van der Waals surface area contributed by atoms with Crippen LogP contribution in [0.5, 0.6) is 0 Å².